The summed E-state index contributed by atoms with van der Waals surface area (Å²) in [7, 11) is 0. The Morgan fingerprint density at radius 2 is 1.84 bits per heavy atom. The van der Waals surface area contributed by atoms with E-state index in [1.165, 1.54) is 33.7 Å². The summed E-state index contributed by atoms with van der Waals surface area (Å²) in [5.41, 5.74) is 2.81. The molecule has 2 rings (SSSR count). The fraction of sp³-hybridized carbons (Fsp3) is 0.412. The van der Waals surface area contributed by atoms with E-state index in [4.69, 9.17) is 0 Å². The standard InChI is InChI=1S/C17H23NS/c1-4-5-15-7-9-16(10-8-15)14(3)18-12-17-11-6-13(2)19-17/h6-11,14,18H,4-5,12H2,1-3H3. The van der Waals surface area contributed by atoms with Crippen molar-refractivity contribution >= 4 is 11.3 Å². The van der Waals surface area contributed by atoms with Gasteiger partial charge in [-0.1, -0.05) is 37.6 Å². The zero-order valence-electron chi connectivity index (χ0n) is 12.1. The van der Waals surface area contributed by atoms with Crippen LogP contribution in [0.1, 0.15) is 47.2 Å². The Bertz CT molecular complexity index is 498. The van der Waals surface area contributed by atoms with Crippen molar-refractivity contribution in [2.24, 2.45) is 0 Å². The van der Waals surface area contributed by atoms with Gasteiger partial charge in [0.2, 0.25) is 0 Å². The van der Waals surface area contributed by atoms with E-state index in [9.17, 15) is 0 Å². The van der Waals surface area contributed by atoms with Crippen LogP contribution in [0.3, 0.4) is 0 Å². The molecule has 1 heterocycles. The Balaban J connectivity index is 1.90. The number of hydrogen-bond donors (Lipinski definition) is 1. The molecule has 2 heteroatoms. The number of thiophene rings is 1. The van der Waals surface area contributed by atoms with Gasteiger partial charge in [-0.3, -0.25) is 0 Å². The molecule has 0 aliphatic rings. The largest absolute Gasteiger partial charge is 0.305 e. The van der Waals surface area contributed by atoms with Crippen molar-refractivity contribution < 1.29 is 0 Å². The first-order valence-corrected chi connectivity index (χ1v) is 7.88. The van der Waals surface area contributed by atoms with Crippen molar-refractivity contribution in [3.05, 3.63) is 57.3 Å². The zero-order chi connectivity index (χ0) is 13.7. The van der Waals surface area contributed by atoms with Crippen LogP contribution >= 0.6 is 11.3 Å². The van der Waals surface area contributed by atoms with Gasteiger partial charge in [0, 0.05) is 22.3 Å². The molecule has 102 valence electrons. The average molecular weight is 273 g/mol. The van der Waals surface area contributed by atoms with Gasteiger partial charge in [-0.2, -0.15) is 0 Å². The van der Waals surface area contributed by atoms with Crippen molar-refractivity contribution in [3.8, 4) is 0 Å². The SMILES string of the molecule is CCCc1ccc(C(C)NCc2ccc(C)s2)cc1. The van der Waals surface area contributed by atoms with Crippen LogP contribution in [0.5, 0.6) is 0 Å². The van der Waals surface area contributed by atoms with Gasteiger partial charge in [-0.15, -0.1) is 11.3 Å². The van der Waals surface area contributed by atoms with Gasteiger partial charge in [-0.25, -0.2) is 0 Å². The van der Waals surface area contributed by atoms with Crippen LogP contribution < -0.4 is 5.32 Å². The molecule has 0 bridgehead atoms. The first-order valence-electron chi connectivity index (χ1n) is 7.06. The number of aryl methyl sites for hydroxylation is 2. The monoisotopic (exact) mass is 273 g/mol. The van der Waals surface area contributed by atoms with Gasteiger partial charge in [-0.05, 0) is 43.5 Å². The second-order valence-corrected chi connectivity index (χ2v) is 6.48. The lowest BCUT2D eigenvalue weighted by Crippen LogP contribution is -2.17. The molecular weight excluding hydrogens is 250 g/mol. The quantitative estimate of drug-likeness (QED) is 0.792. The van der Waals surface area contributed by atoms with Gasteiger partial charge in [0.25, 0.3) is 0 Å². The van der Waals surface area contributed by atoms with Crippen molar-refractivity contribution in [2.45, 2.75) is 46.2 Å². The minimum atomic E-state index is 0.401. The fourth-order valence-electron chi connectivity index (χ4n) is 2.21. The van der Waals surface area contributed by atoms with Gasteiger partial charge in [0.1, 0.15) is 0 Å². The highest BCUT2D eigenvalue weighted by Gasteiger charge is 2.05. The lowest BCUT2D eigenvalue weighted by atomic mass is 10.0. The van der Waals surface area contributed by atoms with E-state index in [1.807, 2.05) is 11.3 Å². The van der Waals surface area contributed by atoms with Gasteiger partial charge >= 0.3 is 0 Å². The van der Waals surface area contributed by atoms with E-state index in [1.54, 1.807) is 0 Å². The summed E-state index contributed by atoms with van der Waals surface area (Å²) in [4.78, 5) is 2.79. The summed E-state index contributed by atoms with van der Waals surface area (Å²) in [6, 6.07) is 13.8. The number of rotatable bonds is 6. The van der Waals surface area contributed by atoms with Crippen LogP contribution in [0.4, 0.5) is 0 Å². The Labute approximate surface area is 120 Å². The first-order chi connectivity index (χ1) is 9.19. The molecule has 0 aliphatic heterocycles. The topological polar surface area (TPSA) is 12.0 Å². The summed E-state index contributed by atoms with van der Waals surface area (Å²) in [5.74, 6) is 0. The minimum Gasteiger partial charge on any atom is -0.305 e. The Kier molecular flexibility index (Phi) is 5.17. The zero-order valence-corrected chi connectivity index (χ0v) is 12.9. The molecule has 0 aliphatic carbocycles. The maximum Gasteiger partial charge on any atom is 0.0305 e. The third-order valence-electron chi connectivity index (χ3n) is 3.40. The molecule has 2 aromatic rings. The van der Waals surface area contributed by atoms with E-state index in [-0.39, 0.29) is 0 Å². The highest BCUT2D eigenvalue weighted by molar-refractivity contribution is 7.11. The normalized spacial score (nSPS) is 12.6. The molecule has 0 saturated carbocycles. The molecule has 1 nitrogen and oxygen atoms in total. The van der Waals surface area contributed by atoms with Crippen LogP contribution in [0.15, 0.2) is 36.4 Å². The van der Waals surface area contributed by atoms with Crippen LogP contribution in [-0.4, -0.2) is 0 Å². The molecule has 0 fully saturated rings. The van der Waals surface area contributed by atoms with Crippen molar-refractivity contribution in [3.63, 3.8) is 0 Å². The van der Waals surface area contributed by atoms with Gasteiger partial charge in [0.05, 0.1) is 0 Å². The molecule has 0 amide bonds. The van der Waals surface area contributed by atoms with Crippen molar-refractivity contribution in [1.29, 1.82) is 0 Å². The second kappa shape index (κ2) is 6.88. The van der Waals surface area contributed by atoms with Crippen LogP contribution in [-0.2, 0) is 13.0 Å². The molecule has 19 heavy (non-hydrogen) atoms. The molecule has 0 radical (unpaired) electrons. The first kappa shape index (κ1) is 14.3. The third-order valence-corrected chi connectivity index (χ3v) is 4.40. The molecular formula is C17H23NS. The van der Waals surface area contributed by atoms with E-state index in [0.29, 0.717) is 6.04 Å². The fourth-order valence-corrected chi connectivity index (χ4v) is 3.05. The molecule has 0 spiro atoms. The number of nitrogens with one attached hydrogen (secondary N) is 1. The molecule has 1 atom stereocenters. The Hall–Kier alpha value is -1.12. The van der Waals surface area contributed by atoms with Crippen molar-refractivity contribution in [1.82, 2.24) is 5.32 Å². The highest BCUT2D eigenvalue weighted by Crippen LogP contribution is 2.18. The van der Waals surface area contributed by atoms with Gasteiger partial charge < -0.3 is 5.32 Å². The lowest BCUT2D eigenvalue weighted by Gasteiger charge is -2.14. The minimum absolute atomic E-state index is 0.401. The molecule has 1 aromatic heterocycles. The van der Waals surface area contributed by atoms with E-state index >= 15 is 0 Å². The lowest BCUT2D eigenvalue weighted by molar-refractivity contribution is 0.578. The predicted molar refractivity (Wildman–Crippen MR) is 84.7 cm³/mol. The number of hydrogen-bond acceptors (Lipinski definition) is 2. The second-order valence-electron chi connectivity index (χ2n) is 5.11. The van der Waals surface area contributed by atoms with E-state index in [0.717, 1.165) is 6.54 Å². The molecule has 1 N–H and O–H groups in total. The Morgan fingerprint density at radius 1 is 1.11 bits per heavy atom. The Morgan fingerprint density at radius 3 is 2.42 bits per heavy atom. The van der Waals surface area contributed by atoms with Crippen LogP contribution in [0.25, 0.3) is 0 Å². The molecule has 1 unspecified atom stereocenters. The maximum atomic E-state index is 3.59. The summed E-state index contributed by atoms with van der Waals surface area (Å²) in [5, 5.41) is 3.59. The summed E-state index contributed by atoms with van der Waals surface area (Å²) >= 11 is 1.87. The maximum absolute atomic E-state index is 3.59. The van der Waals surface area contributed by atoms with E-state index in [2.05, 4.69) is 62.5 Å². The summed E-state index contributed by atoms with van der Waals surface area (Å²) in [6.45, 7) is 7.57. The smallest absolute Gasteiger partial charge is 0.0305 e. The average Bonchev–Trinajstić information content (AvgIpc) is 2.83. The molecule has 1 aromatic carbocycles. The van der Waals surface area contributed by atoms with Crippen molar-refractivity contribution in [2.75, 3.05) is 0 Å². The van der Waals surface area contributed by atoms with Gasteiger partial charge in [0.15, 0.2) is 0 Å². The molecule has 0 saturated heterocycles. The highest BCUT2D eigenvalue weighted by atomic mass is 32.1. The number of benzene rings is 1. The summed E-state index contributed by atoms with van der Waals surface area (Å²) < 4.78 is 0. The third kappa shape index (κ3) is 4.19. The predicted octanol–water partition coefficient (Wildman–Crippen LogP) is 4.86. The van der Waals surface area contributed by atoms with Crippen LogP contribution in [0.2, 0.25) is 0 Å². The summed E-state index contributed by atoms with van der Waals surface area (Å²) in [6.07, 6.45) is 2.39. The van der Waals surface area contributed by atoms with E-state index < -0.39 is 0 Å². The van der Waals surface area contributed by atoms with Crippen LogP contribution in [0, 0.1) is 6.92 Å².